The molecule has 0 aliphatic heterocycles. The molecule has 0 aliphatic carbocycles. The summed E-state index contributed by atoms with van der Waals surface area (Å²) in [6, 6.07) is 67.6. The van der Waals surface area contributed by atoms with E-state index in [1.165, 1.54) is 12.1 Å². The van der Waals surface area contributed by atoms with Crippen LogP contribution >= 0.6 is 0 Å². The number of halogens is 3. The summed E-state index contributed by atoms with van der Waals surface area (Å²) in [7, 11) is 0. The van der Waals surface area contributed by atoms with Gasteiger partial charge in [-0.05, 0) is 117 Å². The summed E-state index contributed by atoms with van der Waals surface area (Å²) in [5.41, 5.74) is 9.45. The summed E-state index contributed by atoms with van der Waals surface area (Å²) in [6.07, 6.45) is -4.94. The van der Waals surface area contributed by atoms with Gasteiger partial charge in [-0.3, -0.25) is 0 Å². The first-order valence-electron chi connectivity index (χ1n) is 24.3. The first-order valence-corrected chi connectivity index (χ1v) is 24.3. The van der Waals surface area contributed by atoms with E-state index in [-0.39, 0.29) is 33.6 Å². The van der Waals surface area contributed by atoms with Crippen LogP contribution in [0.5, 0.6) is 0 Å². The van der Waals surface area contributed by atoms with E-state index in [1.807, 2.05) is 130 Å². The van der Waals surface area contributed by atoms with Crippen LogP contribution in [-0.4, -0.2) is 9.13 Å². The molecule has 0 unspecified atom stereocenters. The van der Waals surface area contributed by atoms with Crippen molar-refractivity contribution < 1.29 is 13.2 Å². The monoisotopic (exact) mass is 1010 g/mol. The van der Waals surface area contributed by atoms with E-state index >= 15 is 13.2 Å². The van der Waals surface area contributed by atoms with Gasteiger partial charge < -0.3 is 9.13 Å². The summed E-state index contributed by atoms with van der Waals surface area (Å²) < 4.78 is 51.2. The lowest BCUT2D eigenvalue weighted by molar-refractivity contribution is -0.137. The van der Waals surface area contributed by atoms with Gasteiger partial charge in [0, 0.05) is 32.7 Å². The number of rotatable bonds is 7. The second kappa shape index (κ2) is 18.8. The quantitative estimate of drug-likeness (QED) is 0.148. The number of benzene rings is 10. The highest BCUT2D eigenvalue weighted by molar-refractivity contribution is 6.13. The van der Waals surface area contributed by atoms with E-state index in [4.69, 9.17) is 13.1 Å². The van der Waals surface area contributed by atoms with Gasteiger partial charge >= 0.3 is 6.18 Å². The van der Waals surface area contributed by atoms with Gasteiger partial charge in [0.15, 0.2) is 11.4 Å². The highest BCUT2D eigenvalue weighted by atomic mass is 19.4. The van der Waals surface area contributed by atoms with E-state index in [9.17, 15) is 21.0 Å². The maximum Gasteiger partial charge on any atom is 0.417 e. The molecular formula is C67H33F3N8. The molecule has 0 radical (unpaired) electrons. The Morgan fingerprint density at radius 2 is 0.731 bits per heavy atom. The Kier molecular flexibility index (Phi) is 11.4. The molecule has 2 aromatic heterocycles. The van der Waals surface area contributed by atoms with Crippen LogP contribution in [0.2, 0.25) is 0 Å². The van der Waals surface area contributed by atoms with Crippen LogP contribution in [0.25, 0.3) is 120 Å². The number of fused-ring (bicyclic) bond motifs is 6. The summed E-state index contributed by atoms with van der Waals surface area (Å²) in [5, 5.41) is 44.8. The maximum atomic E-state index is 15.8. The summed E-state index contributed by atoms with van der Waals surface area (Å²) in [4.78, 5) is 7.12. The van der Waals surface area contributed by atoms with Crippen molar-refractivity contribution in [2.45, 2.75) is 6.18 Å². The predicted molar refractivity (Wildman–Crippen MR) is 299 cm³/mol. The standard InChI is InChI=1S/C67H33F3N8/c1-75-52-22-14-44(15-23-52)48-20-27-55-54-26-18-46(42-10-6-40(36-71)7-11-42)30-61(54)77(62(55)31-48)60-35-58(66-50(38-73)4-3-5-59(66)67(68,69)70)65(34-51(60)39-74)78-63-32-47(43-12-8-41(37-72)9-13-43)19-28-56(63)57-29-21-49(33-64(57)78)45-16-24-53(76-2)25-17-45/h3-35H. The Bertz CT molecular complexity index is 4520. The minimum Gasteiger partial charge on any atom is -0.309 e. The molecule has 0 aliphatic rings. The van der Waals surface area contributed by atoms with Crippen molar-refractivity contribution in [2.75, 3.05) is 0 Å². The molecule has 0 atom stereocenters. The molecule has 0 spiro atoms. The van der Waals surface area contributed by atoms with E-state index in [2.05, 4.69) is 34.0 Å². The van der Waals surface area contributed by atoms with Gasteiger partial charge in [0.05, 0.1) is 92.6 Å². The molecule has 78 heavy (non-hydrogen) atoms. The largest absolute Gasteiger partial charge is 0.417 e. The minimum absolute atomic E-state index is 0.0204. The minimum atomic E-state index is -4.94. The molecule has 0 bridgehead atoms. The van der Waals surface area contributed by atoms with Gasteiger partial charge in [-0.25, -0.2) is 9.69 Å². The summed E-state index contributed by atoms with van der Waals surface area (Å²) in [6.45, 7) is 15.1. The molecule has 0 saturated heterocycles. The maximum absolute atomic E-state index is 15.8. The molecule has 11 heteroatoms. The number of nitrogens with zero attached hydrogens (tertiary/aromatic N) is 8. The van der Waals surface area contributed by atoms with E-state index < -0.39 is 11.7 Å². The molecule has 10 aromatic carbocycles. The lowest BCUT2D eigenvalue weighted by Gasteiger charge is -2.22. The second-order valence-corrected chi connectivity index (χ2v) is 18.6. The average molecular weight is 1010 g/mol. The van der Waals surface area contributed by atoms with Crippen molar-refractivity contribution in [1.82, 2.24) is 9.13 Å². The van der Waals surface area contributed by atoms with Crippen molar-refractivity contribution in [3.8, 4) is 91.3 Å². The first kappa shape index (κ1) is 47.5. The molecule has 362 valence electrons. The molecule has 12 aromatic rings. The third-order valence-corrected chi connectivity index (χ3v) is 14.4. The Hall–Kier alpha value is -11.5. The Labute approximate surface area is 444 Å². The smallest absolute Gasteiger partial charge is 0.309 e. The van der Waals surface area contributed by atoms with Crippen LogP contribution in [0.15, 0.2) is 200 Å². The van der Waals surface area contributed by atoms with E-state index in [1.54, 1.807) is 60.7 Å². The molecular weight excluding hydrogens is 974 g/mol. The van der Waals surface area contributed by atoms with Crippen LogP contribution in [0.1, 0.15) is 27.8 Å². The molecule has 0 saturated carbocycles. The lowest BCUT2D eigenvalue weighted by atomic mass is 9.91. The van der Waals surface area contributed by atoms with Crippen molar-refractivity contribution in [3.63, 3.8) is 0 Å². The molecule has 2 heterocycles. The van der Waals surface area contributed by atoms with Crippen molar-refractivity contribution in [1.29, 1.82) is 21.0 Å². The molecule has 8 nitrogen and oxygen atoms in total. The fourth-order valence-corrected chi connectivity index (χ4v) is 10.6. The molecule has 0 N–H and O–H groups in total. The van der Waals surface area contributed by atoms with E-state index in [0.29, 0.717) is 44.6 Å². The fourth-order valence-electron chi connectivity index (χ4n) is 10.6. The zero-order chi connectivity index (χ0) is 53.8. The molecule has 12 rings (SSSR count). The normalized spacial score (nSPS) is 11.2. The molecule has 0 fully saturated rings. The van der Waals surface area contributed by atoms with Gasteiger partial charge in [-0.2, -0.15) is 34.2 Å². The predicted octanol–water partition coefficient (Wildman–Crippen LogP) is 17.8. The SMILES string of the molecule is [C-]#[N+]c1ccc(-c2ccc3c4ccc(-c5ccc(C#N)cc5)cc4n(-c4cc(-c5c(C#N)cccc5C(F)(F)F)c(-n5c6cc(-c7ccc(C#N)cc7)ccc6c6ccc(-c7ccc([N+]#[C-])cc7)cc65)cc4C#N)c3c2)cc1. The van der Waals surface area contributed by atoms with Gasteiger partial charge in [0.1, 0.15) is 6.07 Å². The zero-order valence-corrected chi connectivity index (χ0v) is 40.8. The highest BCUT2D eigenvalue weighted by Crippen LogP contribution is 2.47. The Morgan fingerprint density at radius 3 is 1.08 bits per heavy atom. The van der Waals surface area contributed by atoms with E-state index in [0.717, 1.165) is 72.1 Å². The number of hydrogen-bond donors (Lipinski definition) is 0. The van der Waals surface area contributed by atoms with Crippen LogP contribution in [0, 0.1) is 58.5 Å². The number of nitriles is 4. The van der Waals surface area contributed by atoms with Crippen molar-refractivity contribution in [3.05, 3.63) is 251 Å². The number of alkyl halides is 3. The number of hydrogen-bond acceptors (Lipinski definition) is 4. The van der Waals surface area contributed by atoms with Crippen molar-refractivity contribution in [2.24, 2.45) is 0 Å². The van der Waals surface area contributed by atoms with Gasteiger partial charge in [-0.15, -0.1) is 0 Å². The Morgan fingerprint density at radius 1 is 0.372 bits per heavy atom. The van der Waals surface area contributed by atoms with Crippen LogP contribution in [0.3, 0.4) is 0 Å². The Balaban J connectivity index is 1.23. The third-order valence-electron chi connectivity index (χ3n) is 14.4. The molecule has 0 amide bonds. The van der Waals surface area contributed by atoms with Crippen LogP contribution in [0.4, 0.5) is 24.5 Å². The van der Waals surface area contributed by atoms with Crippen LogP contribution < -0.4 is 0 Å². The van der Waals surface area contributed by atoms with Gasteiger partial charge in [0.2, 0.25) is 0 Å². The topological polar surface area (TPSA) is 114 Å². The van der Waals surface area contributed by atoms with Crippen molar-refractivity contribution >= 4 is 55.0 Å². The van der Waals surface area contributed by atoms with Crippen LogP contribution in [-0.2, 0) is 6.18 Å². The fraction of sp³-hybridized carbons (Fsp3) is 0.0149. The second-order valence-electron chi connectivity index (χ2n) is 18.6. The lowest BCUT2D eigenvalue weighted by Crippen LogP contribution is -2.11. The average Bonchev–Trinajstić information content (AvgIpc) is 4.04. The first-order chi connectivity index (χ1) is 38.0. The zero-order valence-electron chi connectivity index (χ0n) is 40.8. The highest BCUT2D eigenvalue weighted by Gasteiger charge is 2.36. The summed E-state index contributed by atoms with van der Waals surface area (Å²) in [5.74, 6) is 0. The third kappa shape index (κ3) is 7.99. The summed E-state index contributed by atoms with van der Waals surface area (Å²) >= 11 is 0. The number of aromatic nitrogens is 2. The van der Waals surface area contributed by atoms with Gasteiger partial charge in [-0.1, -0.05) is 127 Å². The van der Waals surface area contributed by atoms with Gasteiger partial charge in [0.25, 0.3) is 0 Å².